The van der Waals surface area contributed by atoms with Crippen molar-refractivity contribution in [3.63, 3.8) is 0 Å². The first-order valence-electron chi connectivity index (χ1n) is 5.66. The van der Waals surface area contributed by atoms with Crippen molar-refractivity contribution in [2.45, 2.75) is 23.8 Å². The number of piperidine rings is 1. The number of nitrogens with two attached hydrogens (primary N) is 1. The molecule has 0 radical (unpaired) electrons. The number of nitrogens with one attached hydrogen (secondary N) is 2. The maximum atomic E-state index is 11.2. The first-order chi connectivity index (χ1) is 8.05. The maximum Gasteiger partial charge on any atom is 0.238 e. The Morgan fingerprint density at radius 2 is 2.00 bits per heavy atom. The van der Waals surface area contributed by atoms with E-state index in [1.165, 1.54) is 6.07 Å². The topological polar surface area (TPSA) is 84.2 Å². The number of benzene rings is 1. The number of hydrogen-bond donors (Lipinski definition) is 3. The van der Waals surface area contributed by atoms with Crippen molar-refractivity contribution in [2.75, 3.05) is 18.4 Å². The van der Waals surface area contributed by atoms with E-state index in [0.29, 0.717) is 6.04 Å². The Labute approximate surface area is 101 Å². The Balaban J connectivity index is 2.11. The van der Waals surface area contributed by atoms with Crippen molar-refractivity contribution >= 4 is 15.7 Å². The molecule has 0 aliphatic carbocycles. The molecule has 1 heterocycles. The summed E-state index contributed by atoms with van der Waals surface area (Å²) >= 11 is 0. The van der Waals surface area contributed by atoms with E-state index in [-0.39, 0.29) is 4.90 Å². The van der Waals surface area contributed by atoms with Gasteiger partial charge in [-0.1, -0.05) is 6.07 Å². The van der Waals surface area contributed by atoms with Crippen LogP contribution in [-0.4, -0.2) is 27.5 Å². The van der Waals surface area contributed by atoms with Gasteiger partial charge in [-0.25, -0.2) is 13.6 Å². The van der Waals surface area contributed by atoms with Gasteiger partial charge in [-0.2, -0.15) is 0 Å². The number of rotatable bonds is 3. The van der Waals surface area contributed by atoms with Crippen molar-refractivity contribution < 1.29 is 8.42 Å². The van der Waals surface area contributed by atoms with E-state index in [2.05, 4.69) is 10.6 Å². The molecule has 5 nitrogen and oxygen atoms in total. The minimum atomic E-state index is -3.62. The number of sulfonamides is 1. The number of primary sulfonamides is 1. The lowest BCUT2D eigenvalue weighted by atomic mass is 10.1. The molecule has 1 aromatic carbocycles. The van der Waals surface area contributed by atoms with Crippen LogP contribution >= 0.6 is 0 Å². The quantitative estimate of drug-likeness (QED) is 0.734. The van der Waals surface area contributed by atoms with E-state index in [0.717, 1.165) is 31.6 Å². The Morgan fingerprint density at radius 1 is 1.29 bits per heavy atom. The van der Waals surface area contributed by atoms with Gasteiger partial charge in [0.2, 0.25) is 10.0 Å². The fourth-order valence-corrected chi connectivity index (χ4v) is 2.52. The summed E-state index contributed by atoms with van der Waals surface area (Å²) in [6.07, 6.45) is 2.08. The molecule has 1 fully saturated rings. The van der Waals surface area contributed by atoms with Gasteiger partial charge in [0.25, 0.3) is 0 Å². The molecule has 1 saturated heterocycles. The molecule has 0 unspecified atom stereocenters. The van der Waals surface area contributed by atoms with Gasteiger partial charge < -0.3 is 10.6 Å². The zero-order chi connectivity index (χ0) is 12.3. The second-order valence-corrected chi connectivity index (χ2v) is 5.80. The number of anilines is 1. The van der Waals surface area contributed by atoms with Gasteiger partial charge in [0.15, 0.2) is 0 Å². The van der Waals surface area contributed by atoms with Crippen molar-refractivity contribution in [1.29, 1.82) is 0 Å². The monoisotopic (exact) mass is 255 g/mol. The summed E-state index contributed by atoms with van der Waals surface area (Å²) < 4.78 is 22.4. The summed E-state index contributed by atoms with van der Waals surface area (Å²) in [5, 5.41) is 11.7. The van der Waals surface area contributed by atoms with E-state index in [9.17, 15) is 8.42 Å². The Hall–Kier alpha value is -1.11. The van der Waals surface area contributed by atoms with Gasteiger partial charge in [0, 0.05) is 11.7 Å². The van der Waals surface area contributed by atoms with Crippen LogP contribution in [0.4, 0.5) is 5.69 Å². The van der Waals surface area contributed by atoms with Crippen molar-refractivity contribution in [3.8, 4) is 0 Å². The first-order valence-corrected chi connectivity index (χ1v) is 7.20. The summed E-state index contributed by atoms with van der Waals surface area (Å²) in [7, 11) is -3.62. The van der Waals surface area contributed by atoms with Gasteiger partial charge in [0.1, 0.15) is 0 Å². The molecule has 0 spiro atoms. The van der Waals surface area contributed by atoms with E-state index >= 15 is 0 Å². The predicted molar refractivity (Wildman–Crippen MR) is 67.3 cm³/mol. The minimum absolute atomic E-state index is 0.149. The summed E-state index contributed by atoms with van der Waals surface area (Å²) in [5.41, 5.74) is 0.809. The molecule has 0 aromatic heterocycles. The summed E-state index contributed by atoms with van der Waals surface area (Å²) in [6.45, 7) is 1.99. The zero-order valence-corrected chi connectivity index (χ0v) is 10.3. The highest BCUT2D eigenvalue weighted by Gasteiger charge is 2.13. The molecule has 0 amide bonds. The fraction of sp³-hybridized carbons (Fsp3) is 0.455. The fourth-order valence-electron chi connectivity index (χ4n) is 1.96. The van der Waals surface area contributed by atoms with E-state index in [4.69, 9.17) is 5.14 Å². The Morgan fingerprint density at radius 3 is 2.65 bits per heavy atom. The molecule has 0 saturated carbocycles. The predicted octanol–water partition coefficient (Wildman–Crippen LogP) is 0.498. The van der Waals surface area contributed by atoms with Gasteiger partial charge >= 0.3 is 0 Å². The van der Waals surface area contributed by atoms with Crippen LogP contribution in [0.1, 0.15) is 12.8 Å². The normalized spacial score (nSPS) is 17.9. The van der Waals surface area contributed by atoms with Crippen LogP contribution < -0.4 is 15.8 Å². The zero-order valence-electron chi connectivity index (χ0n) is 9.52. The molecule has 1 aliphatic heterocycles. The second-order valence-electron chi connectivity index (χ2n) is 4.24. The summed E-state index contributed by atoms with van der Waals surface area (Å²) in [4.78, 5) is 0.149. The largest absolute Gasteiger partial charge is 0.382 e. The summed E-state index contributed by atoms with van der Waals surface area (Å²) in [5.74, 6) is 0. The van der Waals surface area contributed by atoms with Gasteiger partial charge in [-0.3, -0.25) is 0 Å². The van der Waals surface area contributed by atoms with Crippen LogP contribution in [0.15, 0.2) is 29.2 Å². The third kappa shape index (κ3) is 3.42. The van der Waals surface area contributed by atoms with Crippen molar-refractivity contribution in [2.24, 2.45) is 5.14 Å². The lowest BCUT2D eigenvalue weighted by Gasteiger charge is -2.24. The maximum absolute atomic E-state index is 11.2. The molecule has 17 heavy (non-hydrogen) atoms. The van der Waals surface area contributed by atoms with E-state index in [1.54, 1.807) is 12.1 Å². The minimum Gasteiger partial charge on any atom is -0.382 e. The molecule has 2 rings (SSSR count). The molecule has 0 atom stereocenters. The van der Waals surface area contributed by atoms with Crippen molar-refractivity contribution in [3.05, 3.63) is 24.3 Å². The van der Waals surface area contributed by atoms with Gasteiger partial charge in [0.05, 0.1) is 4.90 Å². The lowest BCUT2D eigenvalue weighted by Crippen LogP contribution is -2.35. The number of hydrogen-bond acceptors (Lipinski definition) is 4. The standard InChI is InChI=1S/C11H17N3O2S/c12-17(15,16)11-3-1-2-10(8-11)14-9-4-6-13-7-5-9/h1-3,8-9,13-14H,4-7H2,(H2,12,15,16). The van der Waals surface area contributed by atoms with Gasteiger partial charge in [-0.15, -0.1) is 0 Å². The molecule has 6 heteroatoms. The van der Waals surface area contributed by atoms with Crippen LogP contribution in [0.5, 0.6) is 0 Å². The van der Waals surface area contributed by atoms with Crippen LogP contribution in [0.25, 0.3) is 0 Å². The van der Waals surface area contributed by atoms with Crippen LogP contribution in [0, 0.1) is 0 Å². The molecule has 0 bridgehead atoms. The van der Waals surface area contributed by atoms with E-state index in [1.807, 2.05) is 6.07 Å². The average molecular weight is 255 g/mol. The highest BCUT2D eigenvalue weighted by Crippen LogP contribution is 2.17. The van der Waals surface area contributed by atoms with Crippen LogP contribution in [0.3, 0.4) is 0 Å². The van der Waals surface area contributed by atoms with Crippen molar-refractivity contribution in [1.82, 2.24) is 5.32 Å². The highest BCUT2D eigenvalue weighted by molar-refractivity contribution is 7.89. The molecule has 4 N–H and O–H groups in total. The third-order valence-corrected chi connectivity index (χ3v) is 3.78. The molecule has 1 aliphatic rings. The third-order valence-electron chi connectivity index (χ3n) is 2.87. The van der Waals surface area contributed by atoms with Crippen LogP contribution in [0.2, 0.25) is 0 Å². The average Bonchev–Trinajstić information content (AvgIpc) is 2.29. The summed E-state index contributed by atoms with van der Waals surface area (Å²) in [6, 6.07) is 7.03. The molecule has 1 aromatic rings. The first kappa shape index (κ1) is 12.3. The van der Waals surface area contributed by atoms with E-state index < -0.39 is 10.0 Å². The lowest BCUT2D eigenvalue weighted by molar-refractivity contribution is 0.479. The smallest absolute Gasteiger partial charge is 0.238 e. The highest BCUT2D eigenvalue weighted by atomic mass is 32.2. The Bertz CT molecular complexity index is 481. The molecule has 94 valence electrons. The Kier molecular flexibility index (Phi) is 3.66. The van der Waals surface area contributed by atoms with Gasteiger partial charge in [-0.05, 0) is 44.1 Å². The molecular weight excluding hydrogens is 238 g/mol. The van der Waals surface area contributed by atoms with Crippen LogP contribution in [-0.2, 0) is 10.0 Å². The SMILES string of the molecule is NS(=O)(=O)c1cccc(NC2CCNCC2)c1. The second kappa shape index (κ2) is 5.03. The molecular formula is C11H17N3O2S.